The molecule has 120 valence electrons. The maximum absolute atomic E-state index is 12.6. The second kappa shape index (κ2) is 7.09. The van der Waals surface area contributed by atoms with Gasteiger partial charge in [-0.05, 0) is 31.2 Å². The van der Waals surface area contributed by atoms with Gasteiger partial charge in [0, 0.05) is 0 Å². The van der Waals surface area contributed by atoms with Crippen molar-refractivity contribution in [3.8, 4) is 11.8 Å². The standard InChI is InChI=1S/C15H21N3O3S/c1-13(11-16)12-17-7-9-18(10-8-17)22(19,20)15-5-3-14(21-2)4-6-15/h3-6,13H,7-10,12H2,1-2H3/p+1/t13-/m1/s1. The van der Waals surface area contributed by atoms with E-state index in [0.717, 1.165) is 19.6 Å². The van der Waals surface area contributed by atoms with Crippen molar-refractivity contribution < 1.29 is 18.1 Å². The first-order valence-corrected chi connectivity index (χ1v) is 8.78. The molecule has 1 aromatic rings. The normalized spacial score (nSPS) is 18.6. The van der Waals surface area contributed by atoms with Crippen LogP contribution in [0.4, 0.5) is 0 Å². The topological polar surface area (TPSA) is 74.8 Å². The highest BCUT2D eigenvalue weighted by Crippen LogP contribution is 2.19. The fourth-order valence-electron chi connectivity index (χ4n) is 2.62. The third kappa shape index (κ3) is 3.77. The van der Waals surface area contributed by atoms with Gasteiger partial charge in [-0.2, -0.15) is 9.57 Å². The van der Waals surface area contributed by atoms with Gasteiger partial charge >= 0.3 is 0 Å². The van der Waals surface area contributed by atoms with E-state index >= 15 is 0 Å². The average Bonchev–Trinajstić information content (AvgIpc) is 2.55. The van der Waals surface area contributed by atoms with Gasteiger partial charge in [0.15, 0.2) is 0 Å². The van der Waals surface area contributed by atoms with Crippen molar-refractivity contribution in [3.05, 3.63) is 24.3 Å². The van der Waals surface area contributed by atoms with Gasteiger partial charge in [0.1, 0.15) is 5.75 Å². The molecule has 1 fully saturated rings. The van der Waals surface area contributed by atoms with Crippen molar-refractivity contribution >= 4 is 10.0 Å². The molecular weight excluding hydrogens is 302 g/mol. The molecule has 1 saturated heterocycles. The molecule has 1 aliphatic rings. The van der Waals surface area contributed by atoms with Crippen molar-refractivity contribution in [1.29, 1.82) is 5.26 Å². The van der Waals surface area contributed by atoms with E-state index in [4.69, 9.17) is 10.00 Å². The SMILES string of the molecule is COc1ccc(S(=O)(=O)N2CC[NH+](C[C@H](C)C#N)CC2)cc1. The van der Waals surface area contributed by atoms with Crippen molar-refractivity contribution in [2.75, 3.05) is 39.8 Å². The molecule has 6 nitrogen and oxygen atoms in total. The first-order valence-electron chi connectivity index (χ1n) is 7.34. The molecule has 1 N–H and O–H groups in total. The van der Waals surface area contributed by atoms with Gasteiger partial charge in [-0.1, -0.05) is 0 Å². The Balaban J connectivity index is 2.01. The molecule has 0 unspecified atom stereocenters. The quantitative estimate of drug-likeness (QED) is 0.810. The second-order valence-electron chi connectivity index (χ2n) is 5.56. The highest BCUT2D eigenvalue weighted by molar-refractivity contribution is 7.89. The first kappa shape index (κ1) is 16.7. The number of ether oxygens (including phenoxy) is 1. The van der Waals surface area contributed by atoms with Crippen LogP contribution in [0.1, 0.15) is 6.92 Å². The summed E-state index contributed by atoms with van der Waals surface area (Å²) in [5.74, 6) is 0.637. The van der Waals surface area contributed by atoms with Gasteiger partial charge < -0.3 is 9.64 Å². The lowest BCUT2D eigenvalue weighted by molar-refractivity contribution is -0.905. The number of rotatable bonds is 5. The number of hydrogen-bond acceptors (Lipinski definition) is 4. The zero-order chi connectivity index (χ0) is 16.2. The van der Waals surface area contributed by atoms with Gasteiger partial charge in [0.2, 0.25) is 10.0 Å². The van der Waals surface area contributed by atoms with Crippen LogP contribution in [0.2, 0.25) is 0 Å². The predicted molar refractivity (Wildman–Crippen MR) is 82.1 cm³/mol. The van der Waals surface area contributed by atoms with E-state index in [1.165, 1.54) is 9.21 Å². The zero-order valence-corrected chi connectivity index (χ0v) is 13.8. The summed E-state index contributed by atoms with van der Waals surface area (Å²) in [6.07, 6.45) is 0. The Kier molecular flexibility index (Phi) is 5.40. The monoisotopic (exact) mass is 324 g/mol. The Morgan fingerprint density at radius 1 is 1.32 bits per heavy atom. The fourth-order valence-corrected chi connectivity index (χ4v) is 4.06. The highest BCUT2D eigenvalue weighted by Gasteiger charge is 2.30. The molecule has 0 aromatic heterocycles. The fraction of sp³-hybridized carbons (Fsp3) is 0.533. The van der Waals surface area contributed by atoms with Crippen LogP contribution >= 0.6 is 0 Å². The average molecular weight is 324 g/mol. The van der Waals surface area contributed by atoms with Crippen molar-refractivity contribution in [3.63, 3.8) is 0 Å². The van der Waals surface area contributed by atoms with Crippen molar-refractivity contribution in [2.45, 2.75) is 11.8 Å². The summed E-state index contributed by atoms with van der Waals surface area (Å²) >= 11 is 0. The largest absolute Gasteiger partial charge is 0.497 e. The maximum Gasteiger partial charge on any atom is 0.243 e. The lowest BCUT2D eigenvalue weighted by atomic mass is 10.2. The van der Waals surface area contributed by atoms with Crippen LogP contribution in [0.15, 0.2) is 29.2 Å². The molecule has 0 saturated carbocycles. The number of nitriles is 1. The number of hydrogen-bond donors (Lipinski definition) is 1. The molecule has 2 rings (SSSR count). The smallest absolute Gasteiger partial charge is 0.243 e. The molecule has 7 heteroatoms. The van der Waals surface area contributed by atoms with Crippen molar-refractivity contribution in [2.24, 2.45) is 5.92 Å². The summed E-state index contributed by atoms with van der Waals surface area (Å²) in [6.45, 7) is 5.12. The van der Waals surface area contributed by atoms with E-state index in [0.29, 0.717) is 23.7 Å². The van der Waals surface area contributed by atoms with Gasteiger partial charge in [0.25, 0.3) is 0 Å². The highest BCUT2D eigenvalue weighted by atomic mass is 32.2. The molecule has 1 heterocycles. The maximum atomic E-state index is 12.6. The van der Waals surface area contributed by atoms with E-state index in [-0.39, 0.29) is 5.92 Å². The van der Waals surface area contributed by atoms with Crippen LogP contribution in [-0.4, -0.2) is 52.6 Å². The van der Waals surface area contributed by atoms with Crippen LogP contribution in [0.25, 0.3) is 0 Å². The van der Waals surface area contributed by atoms with E-state index in [9.17, 15) is 8.42 Å². The Morgan fingerprint density at radius 3 is 2.41 bits per heavy atom. The van der Waals surface area contributed by atoms with E-state index in [1.807, 2.05) is 6.92 Å². The molecule has 22 heavy (non-hydrogen) atoms. The summed E-state index contributed by atoms with van der Waals surface area (Å²) in [5.41, 5.74) is 0. The summed E-state index contributed by atoms with van der Waals surface area (Å²) in [5, 5.41) is 8.86. The van der Waals surface area contributed by atoms with E-state index in [1.54, 1.807) is 31.4 Å². The third-order valence-corrected chi connectivity index (χ3v) is 5.85. The number of sulfonamides is 1. The summed E-state index contributed by atoms with van der Waals surface area (Å²) < 4.78 is 31.8. The Morgan fingerprint density at radius 2 is 1.91 bits per heavy atom. The summed E-state index contributed by atoms with van der Waals surface area (Å²) in [6, 6.07) is 8.69. The van der Waals surface area contributed by atoms with Crippen LogP contribution in [-0.2, 0) is 10.0 Å². The van der Waals surface area contributed by atoms with Gasteiger partial charge in [-0.15, -0.1) is 0 Å². The number of methoxy groups -OCH3 is 1. The minimum atomic E-state index is -3.45. The number of nitrogens with zero attached hydrogens (tertiary/aromatic N) is 2. The third-order valence-electron chi connectivity index (χ3n) is 3.94. The van der Waals surface area contributed by atoms with Crippen LogP contribution in [0.5, 0.6) is 5.75 Å². The molecule has 1 atom stereocenters. The van der Waals surface area contributed by atoms with Crippen LogP contribution < -0.4 is 9.64 Å². The number of quaternary nitrogens is 1. The molecule has 0 amide bonds. The molecule has 0 spiro atoms. The molecule has 1 aliphatic heterocycles. The molecule has 0 bridgehead atoms. The summed E-state index contributed by atoms with van der Waals surface area (Å²) in [4.78, 5) is 1.58. The second-order valence-corrected chi connectivity index (χ2v) is 7.50. The molecular formula is C15H22N3O3S+. The lowest BCUT2D eigenvalue weighted by Crippen LogP contribution is -3.15. The predicted octanol–water partition coefficient (Wildman–Crippen LogP) is -0.256. The number of nitrogens with one attached hydrogen (secondary N) is 1. The molecule has 0 radical (unpaired) electrons. The first-order chi connectivity index (χ1) is 10.5. The Bertz CT molecular complexity index is 629. The van der Waals surface area contributed by atoms with Gasteiger partial charge in [-0.25, -0.2) is 8.42 Å². The Labute approximate surface area is 131 Å². The molecule has 1 aromatic carbocycles. The van der Waals surface area contributed by atoms with Crippen LogP contribution in [0, 0.1) is 17.2 Å². The van der Waals surface area contributed by atoms with E-state index < -0.39 is 10.0 Å². The Hall–Kier alpha value is -1.62. The van der Waals surface area contributed by atoms with E-state index in [2.05, 4.69) is 6.07 Å². The zero-order valence-electron chi connectivity index (χ0n) is 12.9. The van der Waals surface area contributed by atoms with Crippen LogP contribution in [0.3, 0.4) is 0 Å². The lowest BCUT2D eigenvalue weighted by Gasteiger charge is -2.31. The minimum absolute atomic E-state index is 0.000236. The minimum Gasteiger partial charge on any atom is -0.497 e. The van der Waals surface area contributed by atoms with Gasteiger partial charge in [0.05, 0.1) is 56.7 Å². The number of piperazine rings is 1. The van der Waals surface area contributed by atoms with Crippen molar-refractivity contribution in [1.82, 2.24) is 4.31 Å². The van der Waals surface area contributed by atoms with Gasteiger partial charge in [-0.3, -0.25) is 0 Å². The summed E-state index contributed by atoms with van der Waals surface area (Å²) in [7, 11) is -1.90. The molecule has 0 aliphatic carbocycles. The number of benzene rings is 1.